The summed E-state index contributed by atoms with van der Waals surface area (Å²) in [4.78, 5) is 36.4. The number of rotatable bonds is 12. The topological polar surface area (TPSA) is 153 Å². The molecule has 41 heavy (non-hydrogen) atoms. The summed E-state index contributed by atoms with van der Waals surface area (Å²) >= 11 is 6.35. The first kappa shape index (κ1) is 33.7. The molecule has 0 bridgehead atoms. The second-order valence-corrected chi connectivity index (χ2v) is 10.9. The lowest BCUT2D eigenvalue weighted by Crippen LogP contribution is -2.41. The maximum absolute atomic E-state index is 13.8. The van der Waals surface area contributed by atoms with E-state index in [9.17, 15) is 27.6 Å². The summed E-state index contributed by atoms with van der Waals surface area (Å²) in [5.74, 6) is -2.52. The summed E-state index contributed by atoms with van der Waals surface area (Å²) in [6.45, 7) is 6.90. The number of benzene rings is 1. The van der Waals surface area contributed by atoms with E-state index in [1.54, 1.807) is 0 Å². The van der Waals surface area contributed by atoms with E-state index >= 15 is 0 Å². The van der Waals surface area contributed by atoms with Crippen molar-refractivity contribution in [1.29, 1.82) is 5.41 Å². The highest BCUT2D eigenvalue weighted by atomic mass is 35.5. The van der Waals surface area contributed by atoms with Crippen LogP contribution in [0.4, 0.5) is 13.2 Å². The largest absolute Gasteiger partial charge is 0.475 e. The molecule has 0 aromatic heterocycles. The monoisotopic (exact) mass is 604 g/mol. The predicted molar refractivity (Wildman–Crippen MR) is 147 cm³/mol. The molecular weight excluding hydrogens is 569 g/mol. The van der Waals surface area contributed by atoms with Crippen molar-refractivity contribution >= 4 is 41.5 Å². The molecule has 10 nitrogen and oxygen atoms in total. The minimum Gasteiger partial charge on any atom is -0.475 e. The van der Waals surface area contributed by atoms with Crippen LogP contribution in [0.25, 0.3) is 6.08 Å². The van der Waals surface area contributed by atoms with E-state index in [2.05, 4.69) is 10.6 Å². The van der Waals surface area contributed by atoms with E-state index in [0.29, 0.717) is 23.6 Å². The number of ether oxygens (including phenoxy) is 3. The van der Waals surface area contributed by atoms with Gasteiger partial charge in [0.2, 0.25) is 12.0 Å². The fourth-order valence-corrected chi connectivity index (χ4v) is 4.41. The van der Waals surface area contributed by atoms with Gasteiger partial charge in [-0.2, -0.15) is 13.2 Å². The van der Waals surface area contributed by atoms with Crippen molar-refractivity contribution in [2.75, 3.05) is 19.8 Å². The lowest BCUT2D eigenvalue weighted by Gasteiger charge is -2.30. The lowest BCUT2D eigenvalue weighted by atomic mass is 9.85. The van der Waals surface area contributed by atoms with Crippen LogP contribution in [0.2, 0.25) is 5.02 Å². The third-order valence-electron chi connectivity index (χ3n) is 5.94. The Morgan fingerprint density at radius 3 is 2.32 bits per heavy atom. The molecule has 0 saturated carbocycles. The normalized spacial score (nSPS) is 15.5. The van der Waals surface area contributed by atoms with Crippen molar-refractivity contribution in [2.45, 2.75) is 77.1 Å². The predicted octanol–water partition coefficient (Wildman–Crippen LogP) is 3.98. The van der Waals surface area contributed by atoms with Gasteiger partial charge in [0.15, 0.2) is 5.96 Å². The molecule has 1 aromatic rings. The number of amides is 1. The maximum Gasteiger partial charge on any atom is 0.430 e. The number of halogens is 4. The minimum atomic E-state index is -4.87. The third kappa shape index (κ3) is 10.5. The molecule has 0 aliphatic carbocycles. The van der Waals surface area contributed by atoms with Crippen molar-refractivity contribution in [1.82, 2.24) is 10.6 Å². The van der Waals surface area contributed by atoms with Gasteiger partial charge in [0, 0.05) is 24.1 Å². The number of nitrogens with one attached hydrogen (secondary N) is 3. The summed E-state index contributed by atoms with van der Waals surface area (Å²) in [6.07, 6.45) is -5.16. The number of nitrogens with two attached hydrogens (primary N) is 1. The molecular formula is C27H36ClF3N4O6. The highest BCUT2D eigenvalue weighted by Crippen LogP contribution is 2.42. The summed E-state index contributed by atoms with van der Waals surface area (Å²) in [6, 6.07) is 2.02. The first-order chi connectivity index (χ1) is 19.0. The van der Waals surface area contributed by atoms with Gasteiger partial charge in [-0.05, 0) is 54.9 Å². The zero-order valence-corrected chi connectivity index (χ0v) is 24.1. The lowest BCUT2D eigenvalue weighted by molar-refractivity contribution is -0.188. The molecule has 1 aliphatic heterocycles. The number of hydrogen-bond acceptors (Lipinski definition) is 7. The smallest absolute Gasteiger partial charge is 0.430 e. The van der Waals surface area contributed by atoms with Gasteiger partial charge in [0.25, 0.3) is 0 Å². The van der Waals surface area contributed by atoms with Crippen molar-refractivity contribution in [2.24, 2.45) is 5.73 Å². The first-order valence-corrected chi connectivity index (χ1v) is 13.4. The van der Waals surface area contributed by atoms with Gasteiger partial charge in [-0.3, -0.25) is 10.2 Å². The summed E-state index contributed by atoms with van der Waals surface area (Å²) in [7, 11) is 0. The second-order valence-electron chi connectivity index (χ2n) is 10.5. The molecule has 228 valence electrons. The number of fused-ring (bicyclic) bond motifs is 1. The van der Waals surface area contributed by atoms with Crippen molar-refractivity contribution in [3.05, 3.63) is 33.9 Å². The van der Waals surface area contributed by atoms with Gasteiger partial charge in [-0.25, -0.2) is 9.59 Å². The Labute approximate surface area is 241 Å². The average Bonchev–Trinajstić information content (AvgIpc) is 2.84. The Morgan fingerprint density at radius 2 is 1.76 bits per heavy atom. The molecule has 1 amide bonds. The SMILES string of the molecule is CC(=O)N[C@@H](CCCNC(=N)N)C(=O)OCCCCOC(=O)C1=Cc2cc(Cl)c(C(C)(C)C)cc2O[C@@H]1C(F)(F)F. The van der Waals surface area contributed by atoms with Gasteiger partial charge in [-0.15, -0.1) is 0 Å². The van der Waals surface area contributed by atoms with E-state index in [1.165, 1.54) is 19.1 Å². The molecule has 1 heterocycles. The second kappa shape index (κ2) is 14.4. The highest BCUT2D eigenvalue weighted by Gasteiger charge is 2.49. The summed E-state index contributed by atoms with van der Waals surface area (Å²) in [5, 5.41) is 12.5. The Hall–Kier alpha value is -3.48. The highest BCUT2D eigenvalue weighted by molar-refractivity contribution is 6.31. The molecule has 5 N–H and O–H groups in total. The molecule has 0 fully saturated rings. The molecule has 2 atom stereocenters. The molecule has 0 saturated heterocycles. The number of hydrogen-bond donors (Lipinski definition) is 4. The fraction of sp³-hybridized carbons (Fsp3) is 0.556. The fourth-order valence-electron chi connectivity index (χ4n) is 3.95. The molecule has 14 heteroatoms. The molecule has 1 aliphatic rings. The van der Waals surface area contributed by atoms with Crippen molar-refractivity contribution < 1.29 is 41.8 Å². The molecule has 0 spiro atoms. The van der Waals surface area contributed by atoms with Crippen LogP contribution in [0.1, 0.15) is 64.5 Å². The van der Waals surface area contributed by atoms with Crippen LogP contribution in [0.3, 0.4) is 0 Å². The average molecular weight is 605 g/mol. The van der Waals surface area contributed by atoms with Crippen LogP contribution < -0.4 is 21.1 Å². The van der Waals surface area contributed by atoms with E-state index in [-0.39, 0.29) is 49.7 Å². The number of guanidine groups is 1. The molecule has 0 radical (unpaired) electrons. The van der Waals surface area contributed by atoms with Crippen LogP contribution >= 0.6 is 11.6 Å². The Bertz CT molecular complexity index is 1170. The van der Waals surface area contributed by atoms with E-state index in [1.807, 2.05) is 20.8 Å². The number of alkyl halides is 3. The van der Waals surface area contributed by atoms with Crippen molar-refractivity contribution in [3.63, 3.8) is 0 Å². The van der Waals surface area contributed by atoms with Gasteiger partial charge < -0.3 is 30.6 Å². The summed E-state index contributed by atoms with van der Waals surface area (Å²) in [5.41, 5.74) is 4.89. The molecule has 0 unspecified atom stereocenters. The van der Waals surface area contributed by atoms with Gasteiger partial charge in [0.1, 0.15) is 11.8 Å². The van der Waals surface area contributed by atoms with Crippen LogP contribution in [-0.4, -0.2) is 61.9 Å². The van der Waals surface area contributed by atoms with E-state index in [0.717, 1.165) is 6.08 Å². The zero-order valence-electron chi connectivity index (χ0n) is 23.4. The van der Waals surface area contributed by atoms with E-state index in [4.69, 9.17) is 37.0 Å². The third-order valence-corrected chi connectivity index (χ3v) is 6.25. The number of carbonyl (C=O) groups is 3. The van der Waals surface area contributed by atoms with Gasteiger partial charge >= 0.3 is 18.1 Å². The number of unbranched alkanes of at least 4 members (excludes halogenated alkanes) is 1. The number of esters is 2. The van der Waals surface area contributed by atoms with Crippen molar-refractivity contribution in [3.8, 4) is 5.75 Å². The van der Waals surface area contributed by atoms with Gasteiger partial charge in [-0.1, -0.05) is 32.4 Å². The minimum absolute atomic E-state index is 0.0345. The Kier molecular flexibility index (Phi) is 11.9. The maximum atomic E-state index is 13.8. The quantitative estimate of drug-likeness (QED) is 0.121. The molecule has 2 rings (SSSR count). The van der Waals surface area contributed by atoms with Crippen LogP contribution in [0.5, 0.6) is 5.75 Å². The molecule has 1 aromatic carbocycles. The Balaban J connectivity index is 1.93. The number of carbonyl (C=O) groups excluding carboxylic acids is 3. The van der Waals surface area contributed by atoms with Gasteiger partial charge in [0.05, 0.1) is 18.8 Å². The Morgan fingerprint density at radius 1 is 1.12 bits per heavy atom. The summed E-state index contributed by atoms with van der Waals surface area (Å²) < 4.78 is 56.9. The van der Waals surface area contributed by atoms with Crippen LogP contribution in [0, 0.1) is 5.41 Å². The van der Waals surface area contributed by atoms with Crippen LogP contribution in [0.15, 0.2) is 17.7 Å². The first-order valence-electron chi connectivity index (χ1n) is 13.0. The zero-order chi connectivity index (χ0) is 31.0. The van der Waals surface area contributed by atoms with Crippen LogP contribution in [-0.2, 0) is 29.3 Å². The standard InChI is InChI=1S/C27H36ClF3N4O6/c1-15(36)35-20(8-7-9-34-25(32)33)24(38)40-11-6-5-10-39-23(37)17-12-16-13-19(28)18(26(2,3)4)14-21(16)41-22(17)27(29,30)31/h12-14,20,22H,5-11H2,1-4H3,(H,35,36)(H4,32,33,34)/t20-,22-/m0/s1. The van der Waals surface area contributed by atoms with E-state index < -0.39 is 47.2 Å².